The Morgan fingerprint density at radius 1 is 1.38 bits per heavy atom. The third-order valence-electron chi connectivity index (χ3n) is 4.59. The van der Waals surface area contributed by atoms with E-state index < -0.39 is 36.7 Å². The number of piperidine rings is 1. The lowest BCUT2D eigenvalue weighted by Gasteiger charge is -2.35. The summed E-state index contributed by atoms with van der Waals surface area (Å²) in [6.45, 7) is 1.39. The minimum absolute atomic E-state index is 0.107. The number of aromatic amines is 1. The van der Waals surface area contributed by atoms with E-state index in [1.54, 1.807) is 13.0 Å². The SMILES string of the molecule is Cc1nc2cc[nH]n2c(=O)c1CC(=O)N(CC(F)(F)F)C1CCNCC1. The molecule has 10 heteroatoms. The van der Waals surface area contributed by atoms with Crippen molar-refractivity contribution in [3.8, 4) is 0 Å². The standard InChI is InChI=1S/C16H20F3N5O2/c1-10-12(15(26)24-13(22-10)4-7-21-24)8-14(25)23(9-16(17,18)19)11-2-5-20-6-3-11/h4,7,11,20-21H,2-3,5-6,8-9H2,1H3. The van der Waals surface area contributed by atoms with Crippen molar-refractivity contribution in [2.24, 2.45) is 0 Å². The molecule has 0 radical (unpaired) electrons. The van der Waals surface area contributed by atoms with Crippen molar-refractivity contribution in [1.82, 2.24) is 24.8 Å². The molecule has 2 N–H and O–H groups in total. The maximum atomic E-state index is 13.0. The molecule has 0 unspecified atom stereocenters. The van der Waals surface area contributed by atoms with Gasteiger partial charge in [0.05, 0.1) is 6.42 Å². The fourth-order valence-electron chi connectivity index (χ4n) is 3.29. The van der Waals surface area contributed by atoms with Crippen LogP contribution in [0.25, 0.3) is 5.65 Å². The number of amides is 1. The number of hydrogen-bond acceptors (Lipinski definition) is 4. The lowest BCUT2D eigenvalue weighted by molar-refractivity contribution is -0.166. The highest BCUT2D eigenvalue weighted by atomic mass is 19.4. The summed E-state index contributed by atoms with van der Waals surface area (Å²) in [6, 6.07) is 1.11. The average Bonchev–Trinajstić information content (AvgIpc) is 3.04. The van der Waals surface area contributed by atoms with Gasteiger partial charge >= 0.3 is 6.18 Å². The number of halogens is 3. The highest BCUT2D eigenvalue weighted by molar-refractivity contribution is 5.79. The van der Waals surface area contributed by atoms with E-state index in [0.717, 1.165) is 4.90 Å². The van der Waals surface area contributed by atoms with E-state index in [4.69, 9.17) is 0 Å². The molecule has 2 aromatic rings. The topological polar surface area (TPSA) is 82.5 Å². The number of aryl methyl sites for hydroxylation is 1. The van der Waals surface area contributed by atoms with Crippen LogP contribution in [0, 0.1) is 6.92 Å². The minimum Gasteiger partial charge on any atom is -0.330 e. The van der Waals surface area contributed by atoms with Crippen LogP contribution in [0.3, 0.4) is 0 Å². The van der Waals surface area contributed by atoms with Crippen LogP contribution in [-0.2, 0) is 11.2 Å². The molecule has 0 aliphatic carbocycles. The predicted molar refractivity (Wildman–Crippen MR) is 87.9 cm³/mol. The monoisotopic (exact) mass is 371 g/mol. The Hall–Kier alpha value is -2.36. The van der Waals surface area contributed by atoms with Gasteiger partial charge in [-0.1, -0.05) is 0 Å². The van der Waals surface area contributed by atoms with Crippen LogP contribution >= 0.6 is 0 Å². The number of H-pyrrole nitrogens is 1. The van der Waals surface area contributed by atoms with Crippen molar-refractivity contribution in [3.63, 3.8) is 0 Å². The second kappa shape index (κ2) is 7.10. The van der Waals surface area contributed by atoms with Gasteiger partial charge in [-0.05, 0) is 32.9 Å². The fourth-order valence-corrected chi connectivity index (χ4v) is 3.29. The first-order valence-corrected chi connectivity index (χ1v) is 8.39. The summed E-state index contributed by atoms with van der Waals surface area (Å²) in [4.78, 5) is 30.3. The minimum atomic E-state index is -4.49. The molecule has 0 aromatic carbocycles. The maximum absolute atomic E-state index is 13.0. The van der Waals surface area contributed by atoms with E-state index in [0.29, 0.717) is 37.3 Å². The van der Waals surface area contributed by atoms with Crippen LogP contribution in [0.5, 0.6) is 0 Å². The van der Waals surface area contributed by atoms with Crippen LogP contribution in [0.15, 0.2) is 17.1 Å². The van der Waals surface area contributed by atoms with Gasteiger partial charge in [-0.15, -0.1) is 0 Å². The van der Waals surface area contributed by atoms with Gasteiger partial charge in [0.25, 0.3) is 5.56 Å². The molecule has 1 saturated heterocycles. The molecule has 1 fully saturated rings. The number of hydrogen-bond donors (Lipinski definition) is 2. The first-order valence-electron chi connectivity index (χ1n) is 8.39. The van der Waals surface area contributed by atoms with Crippen molar-refractivity contribution in [2.75, 3.05) is 19.6 Å². The van der Waals surface area contributed by atoms with Gasteiger partial charge in [0.2, 0.25) is 5.91 Å². The Balaban J connectivity index is 1.88. The van der Waals surface area contributed by atoms with Crippen LogP contribution in [0.2, 0.25) is 0 Å². The highest BCUT2D eigenvalue weighted by Crippen LogP contribution is 2.22. The van der Waals surface area contributed by atoms with Crippen molar-refractivity contribution in [2.45, 2.75) is 38.4 Å². The molecule has 1 aliphatic rings. The number of nitrogens with zero attached hydrogens (tertiary/aromatic N) is 3. The number of nitrogens with one attached hydrogen (secondary N) is 2. The van der Waals surface area contributed by atoms with E-state index in [-0.39, 0.29) is 5.56 Å². The molecular weight excluding hydrogens is 351 g/mol. The third kappa shape index (κ3) is 3.90. The Morgan fingerprint density at radius 2 is 2.08 bits per heavy atom. The molecule has 142 valence electrons. The molecule has 2 aromatic heterocycles. The second-order valence-corrected chi connectivity index (χ2v) is 6.43. The van der Waals surface area contributed by atoms with Crippen molar-refractivity contribution < 1.29 is 18.0 Å². The highest BCUT2D eigenvalue weighted by Gasteiger charge is 2.37. The zero-order valence-corrected chi connectivity index (χ0v) is 14.3. The summed E-state index contributed by atoms with van der Waals surface area (Å²) in [5.41, 5.74) is 0.383. The zero-order valence-electron chi connectivity index (χ0n) is 14.3. The van der Waals surface area contributed by atoms with E-state index in [2.05, 4.69) is 15.4 Å². The molecule has 3 heterocycles. The van der Waals surface area contributed by atoms with Crippen LogP contribution in [0.1, 0.15) is 24.1 Å². The molecule has 0 atom stereocenters. The van der Waals surface area contributed by atoms with E-state index >= 15 is 0 Å². The molecule has 3 rings (SSSR count). The first kappa shape index (κ1) is 18.4. The van der Waals surface area contributed by atoms with Gasteiger partial charge in [0, 0.05) is 29.6 Å². The van der Waals surface area contributed by atoms with Crippen LogP contribution in [-0.4, -0.2) is 57.3 Å². The molecule has 26 heavy (non-hydrogen) atoms. The Kier molecular flexibility index (Phi) is 5.03. The van der Waals surface area contributed by atoms with E-state index in [1.165, 1.54) is 10.7 Å². The van der Waals surface area contributed by atoms with E-state index in [9.17, 15) is 22.8 Å². The molecule has 0 spiro atoms. The summed E-state index contributed by atoms with van der Waals surface area (Å²) in [5, 5.41) is 5.76. The summed E-state index contributed by atoms with van der Waals surface area (Å²) < 4.78 is 40.2. The summed E-state index contributed by atoms with van der Waals surface area (Å²) >= 11 is 0. The normalized spacial score (nSPS) is 16.2. The maximum Gasteiger partial charge on any atom is 0.406 e. The summed E-state index contributed by atoms with van der Waals surface area (Å²) in [5.74, 6) is -0.706. The van der Waals surface area contributed by atoms with Crippen LogP contribution in [0.4, 0.5) is 13.2 Å². The van der Waals surface area contributed by atoms with E-state index in [1.807, 2.05) is 0 Å². The van der Waals surface area contributed by atoms with Crippen molar-refractivity contribution in [1.29, 1.82) is 0 Å². The zero-order chi connectivity index (χ0) is 18.9. The number of alkyl halides is 3. The van der Waals surface area contributed by atoms with Crippen molar-refractivity contribution in [3.05, 3.63) is 33.9 Å². The first-order chi connectivity index (χ1) is 12.3. The largest absolute Gasteiger partial charge is 0.406 e. The fraction of sp³-hybridized carbons (Fsp3) is 0.562. The lowest BCUT2D eigenvalue weighted by atomic mass is 10.0. The van der Waals surface area contributed by atoms with Crippen LogP contribution < -0.4 is 10.9 Å². The molecule has 0 saturated carbocycles. The number of carbonyl (C=O) groups excluding carboxylic acids is 1. The Bertz CT molecular complexity index is 852. The lowest BCUT2D eigenvalue weighted by Crippen LogP contribution is -2.50. The van der Waals surface area contributed by atoms with Gasteiger partial charge in [-0.2, -0.15) is 13.2 Å². The molecule has 1 aliphatic heterocycles. The summed E-state index contributed by atoms with van der Waals surface area (Å²) in [7, 11) is 0. The Labute approximate surface area is 147 Å². The van der Waals surface area contributed by atoms with Gasteiger partial charge in [-0.3, -0.25) is 14.7 Å². The number of fused-ring (bicyclic) bond motifs is 1. The Morgan fingerprint density at radius 3 is 2.73 bits per heavy atom. The number of rotatable bonds is 4. The molecule has 1 amide bonds. The van der Waals surface area contributed by atoms with Crippen molar-refractivity contribution >= 4 is 11.6 Å². The average molecular weight is 371 g/mol. The number of aromatic nitrogens is 3. The summed E-state index contributed by atoms with van der Waals surface area (Å²) in [6.07, 6.45) is -2.47. The van der Waals surface area contributed by atoms with Gasteiger partial charge in [0.15, 0.2) is 5.65 Å². The second-order valence-electron chi connectivity index (χ2n) is 6.43. The predicted octanol–water partition coefficient (Wildman–Crippen LogP) is 1.02. The quantitative estimate of drug-likeness (QED) is 0.841. The van der Waals surface area contributed by atoms with Gasteiger partial charge < -0.3 is 10.2 Å². The molecule has 7 nitrogen and oxygen atoms in total. The smallest absolute Gasteiger partial charge is 0.330 e. The molecule has 0 bridgehead atoms. The molecular formula is C16H20F3N5O2. The number of carbonyl (C=O) groups is 1. The van der Waals surface area contributed by atoms with Gasteiger partial charge in [-0.25, -0.2) is 9.50 Å². The van der Waals surface area contributed by atoms with Gasteiger partial charge in [0.1, 0.15) is 6.54 Å². The third-order valence-corrected chi connectivity index (χ3v) is 4.59.